The van der Waals surface area contributed by atoms with Gasteiger partial charge in [-0.2, -0.15) is 5.26 Å². The van der Waals surface area contributed by atoms with Crippen LogP contribution in [-0.2, 0) is 4.57 Å². The van der Waals surface area contributed by atoms with Gasteiger partial charge in [0, 0.05) is 16.3 Å². The molecular weight excluding hydrogens is 325 g/mol. The fraction of sp³-hybridized carbons (Fsp3) is 0.409. The van der Waals surface area contributed by atoms with Gasteiger partial charge in [0.1, 0.15) is 7.14 Å². The molecule has 0 heterocycles. The summed E-state index contributed by atoms with van der Waals surface area (Å²) >= 11 is 0. The van der Waals surface area contributed by atoms with Crippen LogP contribution in [0, 0.1) is 34.5 Å². The average molecular weight is 349 g/mol. The van der Waals surface area contributed by atoms with Gasteiger partial charge in [0.15, 0.2) is 0 Å². The van der Waals surface area contributed by atoms with E-state index in [0.29, 0.717) is 11.8 Å². The van der Waals surface area contributed by atoms with Gasteiger partial charge in [-0.25, -0.2) is 0 Å². The number of hydrogen-bond acceptors (Lipinski definition) is 2. The molecule has 2 aromatic carbocycles. The standard InChI is InChI=1S/C22H24NOP/c1-22(2)16-13-20(22)19(15-23)21(14-16)25(24,17-9-5-3-6-10-17)18-11-7-4-8-12-18/h3-12,16,19-21H,13-14H2,1-2H3/t16-,19+,20+,21+/m1/s1. The van der Waals surface area contributed by atoms with Gasteiger partial charge in [0.2, 0.25) is 0 Å². The van der Waals surface area contributed by atoms with Crippen molar-refractivity contribution >= 4 is 17.8 Å². The van der Waals surface area contributed by atoms with Crippen molar-refractivity contribution < 1.29 is 4.57 Å². The largest absolute Gasteiger partial charge is 0.313 e. The summed E-state index contributed by atoms with van der Waals surface area (Å²) in [6.07, 6.45) is 2.01. The van der Waals surface area contributed by atoms with Gasteiger partial charge in [0.25, 0.3) is 0 Å². The van der Waals surface area contributed by atoms with Crippen molar-refractivity contribution in [1.29, 1.82) is 5.26 Å². The summed E-state index contributed by atoms with van der Waals surface area (Å²) in [6, 6.07) is 22.2. The summed E-state index contributed by atoms with van der Waals surface area (Å²) in [4.78, 5) is 0. The second-order valence-corrected chi connectivity index (χ2v) is 11.2. The first kappa shape index (κ1) is 16.6. The van der Waals surface area contributed by atoms with Crippen molar-refractivity contribution in [3.63, 3.8) is 0 Å². The van der Waals surface area contributed by atoms with Crippen molar-refractivity contribution in [3.8, 4) is 6.07 Å². The third-order valence-electron chi connectivity index (χ3n) is 6.82. The molecule has 128 valence electrons. The third kappa shape index (κ3) is 2.33. The normalized spacial score (nSPS) is 30.1. The minimum absolute atomic E-state index is 0.0703. The van der Waals surface area contributed by atoms with E-state index in [2.05, 4.69) is 19.9 Å². The predicted molar refractivity (Wildman–Crippen MR) is 103 cm³/mol. The van der Waals surface area contributed by atoms with E-state index in [4.69, 9.17) is 0 Å². The second-order valence-electron chi connectivity index (χ2n) is 8.15. The smallest absolute Gasteiger partial charge is 0.147 e. The molecule has 4 atom stereocenters. The highest BCUT2D eigenvalue weighted by molar-refractivity contribution is 7.79. The Morgan fingerprint density at radius 1 is 0.960 bits per heavy atom. The van der Waals surface area contributed by atoms with Gasteiger partial charge >= 0.3 is 0 Å². The lowest BCUT2D eigenvalue weighted by molar-refractivity contribution is -0.0859. The Labute approximate surface area is 150 Å². The minimum atomic E-state index is -2.86. The number of nitriles is 1. The Hall–Kier alpha value is -1.84. The van der Waals surface area contributed by atoms with Crippen molar-refractivity contribution in [2.75, 3.05) is 0 Å². The first-order chi connectivity index (χ1) is 12.0. The highest BCUT2D eigenvalue weighted by Crippen LogP contribution is 2.68. The van der Waals surface area contributed by atoms with E-state index in [1.54, 1.807) is 0 Å². The highest BCUT2D eigenvalue weighted by Gasteiger charge is 2.61. The summed E-state index contributed by atoms with van der Waals surface area (Å²) in [5, 5.41) is 11.8. The summed E-state index contributed by atoms with van der Waals surface area (Å²) in [7, 11) is -2.86. The average Bonchev–Trinajstić information content (AvgIpc) is 2.68. The SMILES string of the molecule is CC1(C)[C@@H]2C[C@H]1[C@H](C#N)[C@@H](P(=O)(c1ccccc1)c1ccccc1)C2. The van der Waals surface area contributed by atoms with Crippen LogP contribution in [0.5, 0.6) is 0 Å². The number of nitrogens with zero attached hydrogens (tertiary/aromatic N) is 1. The topological polar surface area (TPSA) is 40.9 Å². The fourth-order valence-corrected chi connectivity index (χ4v) is 8.73. The highest BCUT2D eigenvalue weighted by atomic mass is 31.2. The molecule has 0 aliphatic heterocycles. The van der Waals surface area contributed by atoms with Gasteiger partial charge < -0.3 is 4.57 Å². The first-order valence-electron chi connectivity index (χ1n) is 9.10. The number of rotatable bonds is 3. The van der Waals surface area contributed by atoms with Crippen molar-refractivity contribution in [3.05, 3.63) is 60.7 Å². The van der Waals surface area contributed by atoms with Crippen LogP contribution in [-0.4, -0.2) is 5.66 Å². The molecule has 3 aliphatic rings. The van der Waals surface area contributed by atoms with Crippen LogP contribution in [0.3, 0.4) is 0 Å². The van der Waals surface area contributed by atoms with E-state index >= 15 is 0 Å². The lowest BCUT2D eigenvalue weighted by Crippen LogP contribution is -2.58. The van der Waals surface area contributed by atoms with Gasteiger partial charge in [-0.15, -0.1) is 0 Å². The van der Waals surface area contributed by atoms with Gasteiger partial charge in [-0.1, -0.05) is 74.5 Å². The molecule has 3 fully saturated rings. The molecule has 0 radical (unpaired) electrons. The number of benzene rings is 2. The van der Waals surface area contributed by atoms with E-state index in [1.807, 2.05) is 60.7 Å². The van der Waals surface area contributed by atoms with E-state index in [-0.39, 0.29) is 17.0 Å². The van der Waals surface area contributed by atoms with E-state index < -0.39 is 7.14 Å². The van der Waals surface area contributed by atoms with Crippen LogP contribution < -0.4 is 10.6 Å². The molecule has 0 amide bonds. The Morgan fingerprint density at radius 3 is 1.92 bits per heavy atom. The molecule has 0 saturated heterocycles. The fourth-order valence-electron chi connectivity index (χ4n) is 5.15. The zero-order chi connectivity index (χ0) is 17.7. The maximum absolute atomic E-state index is 14.6. The van der Waals surface area contributed by atoms with Gasteiger partial charge in [-0.05, 0) is 30.1 Å². The summed E-state index contributed by atoms with van der Waals surface area (Å²) < 4.78 is 14.6. The van der Waals surface area contributed by atoms with E-state index in [9.17, 15) is 9.83 Å². The molecule has 3 aliphatic carbocycles. The van der Waals surface area contributed by atoms with Crippen LogP contribution in [0.4, 0.5) is 0 Å². The Bertz CT molecular complexity index is 809. The van der Waals surface area contributed by atoms with Crippen LogP contribution in [0.1, 0.15) is 26.7 Å². The van der Waals surface area contributed by atoms with Crippen LogP contribution in [0.2, 0.25) is 0 Å². The molecule has 0 aromatic heterocycles. The molecule has 0 N–H and O–H groups in total. The maximum Gasteiger partial charge on any atom is 0.147 e. The van der Waals surface area contributed by atoms with Gasteiger partial charge in [-0.3, -0.25) is 0 Å². The molecule has 3 saturated carbocycles. The van der Waals surface area contributed by atoms with Crippen LogP contribution in [0.25, 0.3) is 0 Å². The number of hydrogen-bond donors (Lipinski definition) is 0. The van der Waals surface area contributed by atoms with Crippen molar-refractivity contribution in [2.45, 2.75) is 32.3 Å². The zero-order valence-electron chi connectivity index (χ0n) is 14.8. The molecule has 5 rings (SSSR count). The maximum atomic E-state index is 14.6. The molecular formula is C22H24NOP. The zero-order valence-corrected chi connectivity index (χ0v) is 15.7. The van der Waals surface area contributed by atoms with Gasteiger partial charge in [0.05, 0.1) is 12.0 Å². The van der Waals surface area contributed by atoms with Crippen molar-refractivity contribution in [2.24, 2.45) is 23.2 Å². The quantitative estimate of drug-likeness (QED) is 0.761. The van der Waals surface area contributed by atoms with Crippen LogP contribution in [0.15, 0.2) is 60.7 Å². The predicted octanol–water partition coefficient (Wildman–Crippen LogP) is 4.57. The lowest BCUT2D eigenvalue weighted by Gasteiger charge is -2.61. The Balaban J connectivity index is 1.86. The van der Waals surface area contributed by atoms with E-state index in [0.717, 1.165) is 23.5 Å². The molecule has 25 heavy (non-hydrogen) atoms. The third-order valence-corrected chi connectivity index (χ3v) is 10.4. The van der Waals surface area contributed by atoms with Crippen LogP contribution >= 0.6 is 7.14 Å². The van der Waals surface area contributed by atoms with Crippen molar-refractivity contribution in [1.82, 2.24) is 0 Å². The Kier molecular flexibility index (Phi) is 3.89. The number of fused-ring (bicyclic) bond motifs is 2. The van der Waals surface area contributed by atoms with E-state index in [1.165, 1.54) is 0 Å². The minimum Gasteiger partial charge on any atom is -0.313 e. The Morgan fingerprint density at radius 2 is 1.48 bits per heavy atom. The molecule has 2 aromatic rings. The summed E-state index contributed by atoms with van der Waals surface area (Å²) in [5.74, 6) is 0.807. The molecule has 2 bridgehead atoms. The molecule has 0 unspecified atom stereocenters. The second kappa shape index (κ2) is 5.86. The summed E-state index contributed by atoms with van der Waals surface area (Å²) in [5.41, 5.74) is 0.133. The monoisotopic (exact) mass is 349 g/mol. The molecule has 3 heteroatoms. The molecule has 2 nitrogen and oxygen atoms in total. The summed E-state index contributed by atoms with van der Waals surface area (Å²) in [6.45, 7) is 4.56. The molecule has 0 spiro atoms. The lowest BCUT2D eigenvalue weighted by atomic mass is 9.45. The first-order valence-corrected chi connectivity index (χ1v) is 10.9.